The number of likely N-dealkylation sites (tertiary alicyclic amines) is 1. The van der Waals surface area contributed by atoms with Crippen LogP contribution in [0.4, 0.5) is 0 Å². The molecule has 2 N–H and O–H groups in total. The van der Waals surface area contributed by atoms with Crippen molar-refractivity contribution in [2.75, 3.05) is 19.6 Å². The summed E-state index contributed by atoms with van der Waals surface area (Å²) in [6.07, 6.45) is 8.31. The number of benzene rings is 1. The standard InChI is InChI=1S/C23H36N4O.HI/c1-3-23(13-5-6-14-23)18-26-22(24-4-2)25-16-19-9-11-20(12-10-19)17-27-15-7-8-21(27)28;/h9-12H,3-8,13-18H2,1-2H3,(H2,24,25,26);1H. The number of amides is 1. The van der Waals surface area contributed by atoms with Gasteiger partial charge in [0.1, 0.15) is 0 Å². The van der Waals surface area contributed by atoms with E-state index in [0.717, 1.165) is 38.6 Å². The molecule has 0 spiro atoms. The number of guanidine groups is 1. The van der Waals surface area contributed by atoms with E-state index < -0.39 is 0 Å². The van der Waals surface area contributed by atoms with Crippen LogP contribution in [0.1, 0.15) is 69.9 Å². The van der Waals surface area contributed by atoms with Gasteiger partial charge in [-0.25, -0.2) is 4.99 Å². The summed E-state index contributed by atoms with van der Waals surface area (Å²) in [5.74, 6) is 1.19. The zero-order chi connectivity index (χ0) is 19.8. The second-order valence-corrected chi connectivity index (χ2v) is 8.34. The van der Waals surface area contributed by atoms with Gasteiger partial charge < -0.3 is 15.5 Å². The molecule has 2 aliphatic rings. The summed E-state index contributed by atoms with van der Waals surface area (Å²) >= 11 is 0. The fourth-order valence-corrected chi connectivity index (χ4v) is 4.41. The van der Waals surface area contributed by atoms with Crippen molar-refractivity contribution < 1.29 is 4.79 Å². The predicted octanol–water partition coefficient (Wildman–Crippen LogP) is 4.45. The molecule has 1 aliphatic heterocycles. The summed E-state index contributed by atoms with van der Waals surface area (Å²) < 4.78 is 0. The van der Waals surface area contributed by atoms with Gasteiger partial charge in [0.15, 0.2) is 5.96 Å². The van der Waals surface area contributed by atoms with E-state index in [9.17, 15) is 4.79 Å². The van der Waals surface area contributed by atoms with Crippen molar-refractivity contribution in [2.24, 2.45) is 10.4 Å². The number of aliphatic imine (C=N–C) groups is 1. The number of nitrogens with one attached hydrogen (secondary N) is 2. The van der Waals surface area contributed by atoms with Crippen LogP contribution in [0.15, 0.2) is 29.3 Å². The largest absolute Gasteiger partial charge is 0.357 e. The molecule has 2 fully saturated rings. The van der Waals surface area contributed by atoms with E-state index in [1.165, 1.54) is 43.2 Å². The summed E-state index contributed by atoms with van der Waals surface area (Å²) in [6, 6.07) is 8.52. The topological polar surface area (TPSA) is 56.7 Å². The summed E-state index contributed by atoms with van der Waals surface area (Å²) in [5, 5.41) is 6.96. The first kappa shape index (κ1) is 24.0. The Morgan fingerprint density at radius 3 is 2.34 bits per heavy atom. The highest BCUT2D eigenvalue weighted by molar-refractivity contribution is 14.0. The first-order valence-electron chi connectivity index (χ1n) is 11.0. The van der Waals surface area contributed by atoms with E-state index in [0.29, 0.717) is 18.4 Å². The Balaban J connectivity index is 0.00000300. The summed E-state index contributed by atoms with van der Waals surface area (Å²) in [4.78, 5) is 18.5. The zero-order valence-electron chi connectivity index (χ0n) is 18.0. The van der Waals surface area contributed by atoms with Crippen molar-refractivity contribution in [1.82, 2.24) is 15.5 Å². The molecule has 29 heavy (non-hydrogen) atoms. The molecule has 3 rings (SSSR count). The van der Waals surface area contributed by atoms with Gasteiger partial charge >= 0.3 is 0 Å². The molecule has 162 valence electrons. The Kier molecular flexibility index (Phi) is 9.72. The molecule has 1 aromatic carbocycles. The lowest BCUT2D eigenvalue weighted by Gasteiger charge is -2.28. The second kappa shape index (κ2) is 11.8. The number of hydrogen-bond donors (Lipinski definition) is 2. The zero-order valence-corrected chi connectivity index (χ0v) is 20.3. The Morgan fingerprint density at radius 2 is 1.76 bits per heavy atom. The highest BCUT2D eigenvalue weighted by atomic mass is 127. The van der Waals surface area contributed by atoms with Gasteiger partial charge in [0.05, 0.1) is 6.54 Å². The second-order valence-electron chi connectivity index (χ2n) is 8.34. The molecule has 1 aliphatic carbocycles. The average Bonchev–Trinajstić information content (AvgIpc) is 3.35. The molecule has 0 unspecified atom stereocenters. The summed E-state index contributed by atoms with van der Waals surface area (Å²) in [7, 11) is 0. The molecular formula is C23H37IN4O. The lowest BCUT2D eigenvalue weighted by Crippen LogP contribution is -2.42. The molecular weight excluding hydrogens is 475 g/mol. The maximum Gasteiger partial charge on any atom is 0.222 e. The predicted molar refractivity (Wildman–Crippen MR) is 131 cm³/mol. The van der Waals surface area contributed by atoms with E-state index in [4.69, 9.17) is 4.99 Å². The number of halogens is 1. The molecule has 5 nitrogen and oxygen atoms in total. The Hall–Kier alpha value is -1.31. The number of carbonyl (C=O) groups excluding carboxylic acids is 1. The van der Waals surface area contributed by atoms with Gasteiger partial charge in [0, 0.05) is 32.6 Å². The molecule has 0 radical (unpaired) electrons. The highest BCUT2D eigenvalue weighted by Gasteiger charge is 2.31. The van der Waals surface area contributed by atoms with E-state index in [1.54, 1.807) is 0 Å². The van der Waals surface area contributed by atoms with Crippen LogP contribution in [-0.2, 0) is 17.9 Å². The lowest BCUT2D eigenvalue weighted by molar-refractivity contribution is -0.128. The monoisotopic (exact) mass is 512 g/mol. The van der Waals surface area contributed by atoms with Crippen LogP contribution in [0.2, 0.25) is 0 Å². The molecule has 1 saturated heterocycles. The van der Waals surface area contributed by atoms with Crippen LogP contribution in [-0.4, -0.2) is 36.4 Å². The van der Waals surface area contributed by atoms with E-state index in [2.05, 4.69) is 48.7 Å². The van der Waals surface area contributed by atoms with Crippen LogP contribution >= 0.6 is 24.0 Å². The van der Waals surface area contributed by atoms with Crippen molar-refractivity contribution in [2.45, 2.75) is 71.9 Å². The number of rotatable bonds is 8. The van der Waals surface area contributed by atoms with Gasteiger partial charge in [-0.3, -0.25) is 4.79 Å². The molecule has 1 aromatic rings. The molecule has 6 heteroatoms. The fraction of sp³-hybridized carbons (Fsp3) is 0.652. The molecule has 0 atom stereocenters. The highest BCUT2D eigenvalue weighted by Crippen LogP contribution is 2.40. The lowest BCUT2D eigenvalue weighted by atomic mass is 9.83. The number of hydrogen-bond acceptors (Lipinski definition) is 2. The molecule has 0 aromatic heterocycles. The SMILES string of the molecule is CCNC(=NCc1ccc(CN2CCCC2=O)cc1)NCC1(CC)CCCC1.I. The minimum atomic E-state index is 0. The van der Waals surface area contributed by atoms with E-state index >= 15 is 0 Å². The number of carbonyl (C=O) groups is 1. The molecule has 0 bridgehead atoms. The van der Waals surface area contributed by atoms with Gasteiger partial charge in [-0.15, -0.1) is 24.0 Å². The maximum absolute atomic E-state index is 11.8. The van der Waals surface area contributed by atoms with Gasteiger partial charge in [0.2, 0.25) is 5.91 Å². The van der Waals surface area contributed by atoms with Gasteiger partial charge in [-0.2, -0.15) is 0 Å². The van der Waals surface area contributed by atoms with Crippen LogP contribution in [0.5, 0.6) is 0 Å². The smallest absolute Gasteiger partial charge is 0.222 e. The van der Waals surface area contributed by atoms with E-state index in [1.807, 2.05) is 4.90 Å². The third-order valence-electron chi connectivity index (χ3n) is 6.38. The molecule has 1 saturated carbocycles. The third kappa shape index (κ3) is 6.86. The van der Waals surface area contributed by atoms with Crippen LogP contribution in [0, 0.1) is 5.41 Å². The van der Waals surface area contributed by atoms with Crippen molar-refractivity contribution >= 4 is 35.8 Å². The minimum Gasteiger partial charge on any atom is -0.357 e. The Labute approximate surface area is 193 Å². The average molecular weight is 512 g/mol. The molecule has 1 amide bonds. The van der Waals surface area contributed by atoms with Gasteiger partial charge in [-0.1, -0.05) is 44.0 Å². The van der Waals surface area contributed by atoms with Crippen LogP contribution in [0.25, 0.3) is 0 Å². The van der Waals surface area contributed by atoms with Crippen molar-refractivity contribution in [3.05, 3.63) is 35.4 Å². The summed E-state index contributed by atoms with van der Waals surface area (Å²) in [5.41, 5.74) is 2.84. The molecule has 1 heterocycles. The van der Waals surface area contributed by atoms with Crippen LogP contribution < -0.4 is 10.6 Å². The fourth-order valence-electron chi connectivity index (χ4n) is 4.41. The maximum atomic E-state index is 11.8. The van der Waals surface area contributed by atoms with Crippen LogP contribution in [0.3, 0.4) is 0 Å². The Morgan fingerprint density at radius 1 is 1.07 bits per heavy atom. The van der Waals surface area contributed by atoms with E-state index in [-0.39, 0.29) is 29.9 Å². The van der Waals surface area contributed by atoms with Crippen molar-refractivity contribution in [3.63, 3.8) is 0 Å². The van der Waals surface area contributed by atoms with Gasteiger partial charge in [0.25, 0.3) is 0 Å². The third-order valence-corrected chi connectivity index (χ3v) is 6.38. The number of nitrogens with zero attached hydrogens (tertiary/aromatic N) is 2. The quantitative estimate of drug-likeness (QED) is 0.308. The minimum absolute atomic E-state index is 0. The van der Waals surface area contributed by atoms with Crippen molar-refractivity contribution in [1.29, 1.82) is 0 Å². The summed E-state index contributed by atoms with van der Waals surface area (Å²) in [6.45, 7) is 8.59. The first-order chi connectivity index (χ1) is 13.6. The van der Waals surface area contributed by atoms with Gasteiger partial charge in [-0.05, 0) is 49.1 Å². The normalized spacial score (nSPS) is 18.6. The first-order valence-corrected chi connectivity index (χ1v) is 11.0. The Bertz CT molecular complexity index is 668. The van der Waals surface area contributed by atoms with Crippen molar-refractivity contribution in [3.8, 4) is 0 Å².